The lowest BCUT2D eigenvalue weighted by molar-refractivity contribution is 0.532. The Morgan fingerprint density at radius 2 is 2.12 bits per heavy atom. The zero-order chi connectivity index (χ0) is 11.6. The number of hydrogen-bond donors (Lipinski definition) is 1. The van der Waals surface area contributed by atoms with E-state index in [2.05, 4.69) is 5.32 Å². The monoisotopic (exact) mass is 243 g/mol. The molecule has 1 fully saturated rings. The highest BCUT2D eigenvalue weighted by Gasteiger charge is 2.27. The molecule has 0 aliphatic carbocycles. The SMILES string of the molecule is O=S1(=O)CCC(NCc2ccccc2F)C1. The summed E-state index contributed by atoms with van der Waals surface area (Å²) in [4.78, 5) is 0. The standard InChI is InChI=1S/C11H14FNO2S/c12-11-4-2-1-3-9(11)7-13-10-5-6-16(14,15)8-10/h1-4,10,13H,5-8H2. The number of hydrogen-bond acceptors (Lipinski definition) is 3. The number of sulfone groups is 1. The van der Waals surface area contributed by atoms with Crippen molar-refractivity contribution in [3.8, 4) is 0 Å². The first-order valence-electron chi connectivity index (χ1n) is 5.24. The molecule has 5 heteroatoms. The highest BCUT2D eigenvalue weighted by Crippen LogP contribution is 2.13. The van der Waals surface area contributed by atoms with Gasteiger partial charge in [-0.05, 0) is 12.5 Å². The lowest BCUT2D eigenvalue weighted by Gasteiger charge is -2.10. The van der Waals surface area contributed by atoms with E-state index >= 15 is 0 Å². The molecule has 1 aromatic carbocycles. The Hall–Kier alpha value is -0.940. The van der Waals surface area contributed by atoms with E-state index in [1.54, 1.807) is 18.2 Å². The predicted molar refractivity (Wildman–Crippen MR) is 60.3 cm³/mol. The van der Waals surface area contributed by atoms with E-state index in [1.165, 1.54) is 6.07 Å². The van der Waals surface area contributed by atoms with Crippen LogP contribution in [0, 0.1) is 5.82 Å². The average Bonchev–Trinajstić information content (AvgIpc) is 2.57. The molecule has 0 bridgehead atoms. The fraction of sp³-hybridized carbons (Fsp3) is 0.455. The van der Waals surface area contributed by atoms with Crippen molar-refractivity contribution in [1.82, 2.24) is 5.32 Å². The largest absolute Gasteiger partial charge is 0.309 e. The minimum Gasteiger partial charge on any atom is -0.309 e. The van der Waals surface area contributed by atoms with Crippen LogP contribution in [0.1, 0.15) is 12.0 Å². The minimum absolute atomic E-state index is 0.0374. The lowest BCUT2D eigenvalue weighted by Crippen LogP contribution is -2.29. The molecular formula is C11H14FNO2S. The molecular weight excluding hydrogens is 229 g/mol. The van der Waals surface area contributed by atoms with E-state index in [9.17, 15) is 12.8 Å². The van der Waals surface area contributed by atoms with Crippen molar-refractivity contribution >= 4 is 9.84 Å². The number of nitrogens with one attached hydrogen (secondary N) is 1. The van der Waals surface area contributed by atoms with Gasteiger partial charge in [0, 0.05) is 18.2 Å². The maximum atomic E-state index is 13.3. The van der Waals surface area contributed by atoms with Crippen molar-refractivity contribution in [2.45, 2.75) is 19.0 Å². The van der Waals surface area contributed by atoms with E-state index in [1.807, 2.05) is 0 Å². The van der Waals surface area contributed by atoms with Crippen molar-refractivity contribution < 1.29 is 12.8 Å². The van der Waals surface area contributed by atoms with Crippen LogP contribution in [-0.2, 0) is 16.4 Å². The van der Waals surface area contributed by atoms with E-state index in [4.69, 9.17) is 0 Å². The summed E-state index contributed by atoms with van der Waals surface area (Å²) in [5.74, 6) is 0.152. The highest BCUT2D eigenvalue weighted by atomic mass is 32.2. The normalized spacial score (nSPS) is 23.4. The van der Waals surface area contributed by atoms with Gasteiger partial charge in [-0.25, -0.2) is 12.8 Å². The van der Waals surface area contributed by atoms with Gasteiger partial charge in [0.1, 0.15) is 5.82 Å². The van der Waals surface area contributed by atoms with Gasteiger partial charge in [0.2, 0.25) is 0 Å². The second-order valence-electron chi connectivity index (χ2n) is 4.07. The molecule has 1 N–H and O–H groups in total. The van der Waals surface area contributed by atoms with Crippen molar-refractivity contribution in [3.05, 3.63) is 35.6 Å². The van der Waals surface area contributed by atoms with Crippen LogP contribution in [0.15, 0.2) is 24.3 Å². The average molecular weight is 243 g/mol. The van der Waals surface area contributed by atoms with Crippen LogP contribution >= 0.6 is 0 Å². The summed E-state index contributed by atoms with van der Waals surface area (Å²) in [5, 5.41) is 3.08. The van der Waals surface area contributed by atoms with Crippen LogP contribution in [0.5, 0.6) is 0 Å². The summed E-state index contributed by atoms with van der Waals surface area (Å²) < 4.78 is 35.7. The summed E-state index contributed by atoms with van der Waals surface area (Å²) in [6, 6.07) is 6.48. The fourth-order valence-electron chi connectivity index (χ4n) is 1.85. The first kappa shape index (κ1) is 11.5. The van der Waals surface area contributed by atoms with Gasteiger partial charge in [-0.15, -0.1) is 0 Å². The minimum atomic E-state index is -2.87. The summed E-state index contributed by atoms with van der Waals surface area (Å²) >= 11 is 0. The fourth-order valence-corrected chi connectivity index (χ4v) is 3.56. The van der Waals surface area contributed by atoms with Crippen LogP contribution < -0.4 is 5.32 Å². The Morgan fingerprint density at radius 3 is 2.75 bits per heavy atom. The summed E-state index contributed by atoms with van der Waals surface area (Å²) in [6.45, 7) is 0.382. The first-order valence-corrected chi connectivity index (χ1v) is 7.06. The van der Waals surface area contributed by atoms with Gasteiger partial charge in [-0.1, -0.05) is 18.2 Å². The molecule has 0 radical (unpaired) electrons. The third kappa shape index (κ3) is 2.80. The zero-order valence-corrected chi connectivity index (χ0v) is 9.63. The highest BCUT2D eigenvalue weighted by molar-refractivity contribution is 7.91. The van der Waals surface area contributed by atoms with Crippen LogP contribution in [0.3, 0.4) is 0 Å². The molecule has 0 spiro atoms. The van der Waals surface area contributed by atoms with Gasteiger partial charge in [0.15, 0.2) is 9.84 Å². The van der Waals surface area contributed by atoms with Gasteiger partial charge in [0.05, 0.1) is 11.5 Å². The number of halogens is 1. The van der Waals surface area contributed by atoms with Crippen LogP contribution in [0.4, 0.5) is 4.39 Å². The predicted octanol–water partition coefficient (Wildman–Crippen LogP) is 1.10. The van der Waals surface area contributed by atoms with Crippen LogP contribution in [0.25, 0.3) is 0 Å². The third-order valence-electron chi connectivity index (χ3n) is 2.77. The van der Waals surface area contributed by atoms with Gasteiger partial charge in [-0.2, -0.15) is 0 Å². The molecule has 1 aliphatic rings. The molecule has 2 rings (SSSR count). The Balaban J connectivity index is 1.92. The van der Waals surface area contributed by atoms with Crippen molar-refractivity contribution in [2.75, 3.05) is 11.5 Å². The third-order valence-corrected chi connectivity index (χ3v) is 4.54. The van der Waals surface area contributed by atoms with Gasteiger partial charge in [0.25, 0.3) is 0 Å². The van der Waals surface area contributed by atoms with E-state index in [0.717, 1.165) is 0 Å². The van der Waals surface area contributed by atoms with Crippen molar-refractivity contribution in [2.24, 2.45) is 0 Å². The molecule has 88 valence electrons. The summed E-state index contributed by atoms with van der Waals surface area (Å²) in [7, 11) is -2.87. The summed E-state index contributed by atoms with van der Waals surface area (Å²) in [6.07, 6.45) is 0.622. The van der Waals surface area contributed by atoms with Crippen LogP contribution in [0.2, 0.25) is 0 Å². The van der Waals surface area contributed by atoms with E-state index in [0.29, 0.717) is 18.5 Å². The Labute approximate surface area is 94.6 Å². The Kier molecular flexibility index (Phi) is 3.25. The quantitative estimate of drug-likeness (QED) is 0.864. The molecule has 0 saturated carbocycles. The van der Waals surface area contributed by atoms with Gasteiger partial charge >= 0.3 is 0 Å². The molecule has 0 aromatic heterocycles. The smallest absolute Gasteiger partial charge is 0.151 e. The molecule has 1 aliphatic heterocycles. The topological polar surface area (TPSA) is 46.2 Å². The second-order valence-corrected chi connectivity index (χ2v) is 6.30. The van der Waals surface area contributed by atoms with Gasteiger partial charge < -0.3 is 5.32 Å². The zero-order valence-electron chi connectivity index (χ0n) is 8.82. The molecule has 0 amide bonds. The maximum absolute atomic E-state index is 13.3. The maximum Gasteiger partial charge on any atom is 0.151 e. The molecule has 1 unspecified atom stereocenters. The molecule has 1 heterocycles. The molecule has 1 atom stereocenters. The molecule has 1 saturated heterocycles. The molecule has 16 heavy (non-hydrogen) atoms. The van der Waals surface area contributed by atoms with E-state index < -0.39 is 9.84 Å². The lowest BCUT2D eigenvalue weighted by atomic mass is 10.2. The molecule has 1 aromatic rings. The van der Waals surface area contributed by atoms with Crippen LogP contribution in [-0.4, -0.2) is 26.0 Å². The van der Waals surface area contributed by atoms with Crippen molar-refractivity contribution in [3.63, 3.8) is 0 Å². The Bertz CT molecular complexity index is 473. The second kappa shape index (κ2) is 4.51. The molecule has 3 nitrogen and oxygen atoms in total. The number of benzene rings is 1. The van der Waals surface area contributed by atoms with Gasteiger partial charge in [-0.3, -0.25) is 0 Å². The van der Waals surface area contributed by atoms with Crippen molar-refractivity contribution in [1.29, 1.82) is 0 Å². The number of rotatable bonds is 3. The first-order chi connectivity index (χ1) is 7.57. The van der Waals surface area contributed by atoms with E-state index in [-0.39, 0.29) is 23.4 Å². The summed E-state index contributed by atoms with van der Waals surface area (Å²) in [5.41, 5.74) is 0.576. The Morgan fingerprint density at radius 1 is 1.38 bits per heavy atom.